The minimum Gasteiger partial charge on any atom is -0.376 e. The summed E-state index contributed by atoms with van der Waals surface area (Å²) in [6.07, 6.45) is 6.65. The van der Waals surface area contributed by atoms with Gasteiger partial charge in [-0.05, 0) is 43.4 Å². The minimum absolute atomic E-state index is 0.703. The van der Waals surface area contributed by atoms with Crippen molar-refractivity contribution >= 4 is 0 Å². The fourth-order valence-corrected chi connectivity index (χ4v) is 1.87. The second kappa shape index (κ2) is 7.34. The van der Waals surface area contributed by atoms with E-state index in [0.29, 0.717) is 6.61 Å². The number of benzene rings is 1. The summed E-state index contributed by atoms with van der Waals surface area (Å²) >= 11 is 0. The molecule has 2 rings (SSSR count). The highest BCUT2D eigenvalue weighted by Crippen LogP contribution is 2.18. The fraction of sp³-hybridized carbons (Fsp3) is 0.500. The van der Waals surface area contributed by atoms with Crippen molar-refractivity contribution in [2.45, 2.75) is 38.3 Å². The van der Waals surface area contributed by atoms with E-state index in [1.807, 2.05) is 6.08 Å². The van der Waals surface area contributed by atoms with Crippen LogP contribution >= 0.6 is 0 Å². The topological polar surface area (TPSA) is 21.3 Å². The van der Waals surface area contributed by atoms with Gasteiger partial charge in [-0.15, -0.1) is 6.58 Å². The van der Waals surface area contributed by atoms with Crippen molar-refractivity contribution < 1.29 is 4.74 Å². The summed E-state index contributed by atoms with van der Waals surface area (Å²) in [5, 5.41) is 3.53. The van der Waals surface area contributed by atoms with Gasteiger partial charge in [0.1, 0.15) is 0 Å². The van der Waals surface area contributed by atoms with Crippen LogP contribution in [-0.2, 0) is 17.8 Å². The van der Waals surface area contributed by atoms with Crippen molar-refractivity contribution in [3.05, 3.63) is 48.0 Å². The Bertz CT molecular complexity index is 354. The van der Waals surface area contributed by atoms with Crippen molar-refractivity contribution in [2.24, 2.45) is 0 Å². The van der Waals surface area contributed by atoms with Gasteiger partial charge in [-0.25, -0.2) is 0 Å². The van der Waals surface area contributed by atoms with Crippen molar-refractivity contribution in [3.8, 4) is 0 Å². The third-order valence-electron chi connectivity index (χ3n) is 3.18. The Hall–Kier alpha value is -1.12. The summed E-state index contributed by atoms with van der Waals surface area (Å²) in [6.45, 7) is 6.24. The molecule has 1 fully saturated rings. The summed E-state index contributed by atoms with van der Waals surface area (Å²) in [5.41, 5.74) is 2.65. The third kappa shape index (κ3) is 5.03. The zero-order valence-electron chi connectivity index (χ0n) is 11.0. The first kappa shape index (κ1) is 13.3. The van der Waals surface area contributed by atoms with Gasteiger partial charge in [-0.3, -0.25) is 0 Å². The van der Waals surface area contributed by atoms with Crippen LogP contribution in [0.1, 0.15) is 30.4 Å². The molecule has 0 atom stereocenters. The van der Waals surface area contributed by atoms with Crippen LogP contribution in [0.25, 0.3) is 0 Å². The maximum atomic E-state index is 5.54. The molecule has 2 heteroatoms. The SMILES string of the molecule is C=CCCOCc1ccc(CCNC2CC2)cc1. The molecule has 0 radical (unpaired) electrons. The van der Waals surface area contributed by atoms with Crippen LogP contribution < -0.4 is 5.32 Å². The summed E-state index contributed by atoms with van der Waals surface area (Å²) < 4.78 is 5.54. The average Bonchev–Trinajstić information content (AvgIpc) is 3.21. The van der Waals surface area contributed by atoms with E-state index in [9.17, 15) is 0 Å². The van der Waals surface area contributed by atoms with Gasteiger partial charge in [0.05, 0.1) is 13.2 Å². The first-order valence-electron chi connectivity index (χ1n) is 6.88. The molecule has 2 nitrogen and oxygen atoms in total. The maximum absolute atomic E-state index is 5.54. The Kier molecular flexibility index (Phi) is 5.43. The van der Waals surface area contributed by atoms with Gasteiger partial charge in [0, 0.05) is 6.04 Å². The molecule has 98 valence electrons. The van der Waals surface area contributed by atoms with Gasteiger partial charge < -0.3 is 10.1 Å². The van der Waals surface area contributed by atoms with E-state index in [1.54, 1.807) is 0 Å². The summed E-state index contributed by atoms with van der Waals surface area (Å²) in [6, 6.07) is 9.56. The molecule has 0 unspecified atom stereocenters. The Labute approximate surface area is 110 Å². The molecule has 0 aliphatic heterocycles. The molecule has 0 aromatic heterocycles. The van der Waals surface area contributed by atoms with E-state index in [2.05, 4.69) is 36.2 Å². The zero-order chi connectivity index (χ0) is 12.6. The van der Waals surface area contributed by atoms with Crippen LogP contribution in [0.2, 0.25) is 0 Å². The summed E-state index contributed by atoms with van der Waals surface area (Å²) in [7, 11) is 0. The van der Waals surface area contributed by atoms with Gasteiger partial charge in [0.15, 0.2) is 0 Å². The van der Waals surface area contributed by atoms with E-state index in [1.165, 1.54) is 24.0 Å². The van der Waals surface area contributed by atoms with Crippen molar-refractivity contribution in [1.29, 1.82) is 0 Å². The van der Waals surface area contributed by atoms with Crippen LogP contribution in [-0.4, -0.2) is 19.2 Å². The molecule has 1 saturated carbocycles. The van der Waals surface area contributed by atoms with E-state index in [4.69, 9.17) is 4.74 Å². The highest BCUT2D eigenvalue weighted by molar-refractivity contribution is 5.22. The van der Waals surface area contributed by atoms with E-state index in [0.717, 1.165) is 32.0 Å². The molecule has 1 N–H and O–H groups in total. The van der Waals surface area contributed by atoms with Crippen LogP contribution in [0.3, 0.4) is 0 Å². The van der Waals surface area contributed by atoms with Crippen LogP contribution in [0.15, 0.2) is 36.9 Å². The highest BCUT2D eigenvalue weighted by atomic mass is 16.5. The lowest BCUT2D eigenvalue weighted by atomic mass is 10.1. The molecule has 0 bridgehead atoms. The third-order valence-corrected chi connectivity index (χ3v) is 3.18. The Morgan fingerprint density at radius 2 is 1.94 bits per heavy atom. The van der Waals surface area contributed by atoms with Gasteiger partial charge in [-0.1, -0.05) is 30.3 Å². The molecule has 1 aromatic rings. The number of rotatable bonds is 9. The Morgan fingerprint density at radius 1 is 1.22 bits per heavy atom. The molecular formula is C16H23NO. The van der Waals surface area contributed by atoms with Gasteiger partial charge >= 0.3 is 0 Å². The standard InChI is InChI=1S/C16H23NO/c1-2-3-12-18-13-15-6-4-14(5-7-15)10-11-17-16-8-9-16/h2,4-7,16-17H,1,3,8-13H2. The summed E-state index contributed by atoms with van der Waals surface area (Å²) in [5.74, 6) is 0. The Morgan fingerprint density at radius 3 is 2.61 bits per heavy atom. The average molecular weight is 245 g/mol. The van der Waals surface area contributed by atoms with Crippen molar-refractivity contribution in [3.63, 3.8) is 0 Å². The molecule has 0 spiro atoms. The second-order valence-corrected chi connectivity index (χ2v) is 4.92. The second-order valence-electron chi connectivity index (χ2n) is 4.92. The summed E-state index contributed by atoms with van der Waals surface area (Å²) in [4.78, 5) is 0. The number of nitrogens with one attached hydrogen (secondary N) is 1. The Balaban J connectivity index is 1.65. The van der Waals surface area contributed by atoms with Crippen LogP contribution in [0.5, 0.6) is 0 Å². The van der Waals surface area contributed by atoms with Gasteiger partial charge in [-0.2, -0.15) is 0 Å². The molecule has 1 aliphatic carbocycles. The molecular weight excluding hydrogens is 222 g/mol. The molecule has 1 aliphatic rings. The van der Waals surface area contributed by atoms with Gasteiger partial charge in [0.2, 0.25) is 0 Å². The molecule has 18 heavy (non-hydrogen) atoms. The lowest BCUT2D eigenvalue weighted by Crippen LogP contribution is -2.19. The maximum Gasteiger partial charge on any atom is 0.0717 e. The quantitative estimate of drug-likeness (QED) is 0.533. The zero-order valence-corrected chi connectivity index (χ0v) is 11.0. The lowest BCUT2D eigenvalue weighted by molar-refractivity contribution is 0.125. The number of hydrogen-bond acceptors (Lipinski definition) is 2. The molecule has 0 heterocycles. The predicted octanol–water partition coefficient (Wildman–Crippen LogP) is 3.07. The number of ether oxygens (including phenoxy) is 1. The normalized spacial score (nSPS) is 14.7. The molecule has 0 saturated heterocycles. The predicted molar refractivity (Wildman–Crippen MR) is 75.6 cm³/mol. The van der Waals surface area contributed by atoms with Crippen molar-refractivity contribution in [2.75, 3.05) is 13.2 Å². The minimum atomic E-state index is 0.703. The molecule has 0 amide bonds. The van der Waals surface area contributed by atoms with Crippen LogP contribution in [0, 0.1) is 0 Å². The molecule has 1 aromatic carbocycles. The van der Waals surface area contributed by atoms with E-state index >= 15 is 0 Å². The van der Waals surface area contributed by atoms with Gasteiger partial charge in [0.25, 0.3) is 0 Å². The number of hydrogen-bond donors (Lipinski definition) is 1. The van der Waals surface area contributed by atoms with Crippen molar-refractivity contribution in [1.82, 2.24) is 5.32 Å². The highest BCUT2D eigenvalue weighted by Gasteiger charge is 2.19. The largest absolute Gasteiger partial charge is 0.376 e. The first-order valence-corrected chi connectivity index (χ1v) is 6.88. The fourth-order valence-electron chi connectivity index (χ4n) is 1.87. The first-order chi connectivity index (χ1) is 8.88. The van der Waals surface area contributed by atoms with E-state index < -0.39 is 0 Å². The van der Waals surface area contributed by atoms with Crippen LogP contribution in [0.4, 0.5) is 0 Å². The lowest BCUT2D eigenvalue weighted by Gasteiger charge is -2.06. The van der Waals surface area contributed by atoms with E-state index in [-0.39, 0.29) is 0 Å². The smallest absolute Gasteiger partial charge is 0.0717 e. The monoisotopic (exact) mass is 245 g/mol.